The van der Waals surface area contributed by atoms with Crippen LogP contribution in [0.5, 0.6) is 0 Å². The highest BCUT2D eigenvalue weighted by molar-refractivity contribution is 5.99. The SMILES string of the molecule is CC(C)=C1C[C@@](C)(C2CCC3C(=CC(=O)[C@]45C=CC[C@]([C@H](C)C(C)C)(CCC34C)C5)C2(C)C(C)C)[C@H]1C. The molecule has 1 spiro atoms. The maximum atomic E-state index is 14.6. The first kappa shape index (κ1) is 27.5. The van der Waals surface area contributed by atoms with Gasteiger partial charge in [0, 0.05) is 0 Å². The molecule has 0 aliphatic heterocycles. The third kappa shape index (κ3) is 3.30. The maximum absolute atomic E-state index is 14.6. The van der Waals surface area contributed by atoms with Crippen LogP contribution < -0.4 is 0 Å². The smallest absolute Gasteiger partial charge is 0.166 e. The van der Waals surface area contributed by atoms with E-state index < -0.39 is 0 Å². The minimum Gasteiger partial charge on any atom is -0.294 e. The normalized spacial score (nSPS) is 47.8. The second-order valence-corrected chi connectivity index (χ2v) is 16.1. The lowest BCUT2D eigenvalue weighted by Gasteiger charge is -2.69. The number of carbonyl (C=O) groups excluding carboxylic acids is 1. The van der Waals surface area contributed by atoms with Crippen LogP contribution in [0.3, 0.4) is 0 Å². The maximum Gasteiger partial charge on any atom is 0.166 e. The van der Waals surface area contributed by atoms with E-state index in [2.05, 4.69) is 94.4 Å². The highest BCUT2D eigenvalue weighted by Gasteiger charge is 2.69. The molecule has 5 rings (SSSR count). The number of ketones is 1. The number of fused-ring (bicyclic) bond motifs is 3. The summed E-state index contributed by atoms with van der Waals surface area (Å²) in [6, 6.07) is 0. The second kappa shape index (κ2) is 8.44. The van der Waals surface area contributed by atoms with Gasteiger partial charge >= 0.3 is 0 Å². The van der Waals surface area contributed by atoms with Crippen LogP contribution in [0, 0.1) is 62.6 Å². The largest absolute Gasteiger partial charge is 0.294 e. The van der Waals surface area contributed by atoms with E-state index in [1.165, 1.54) is 37.7 Å². The molecule has 0 aromatic heterocycles. The van der Waals surface area contributed by atoms with Crippen molar-refractivity contribution in [1.29, 1.82) is 0 Å². The average Bonchev–Trinajstić information content (AvgIpc) is 2.84. The van der Waals surface area contributed by atoms with Gasteiger partial charge < -0.3 is 0 Å². The van der Waals surface area contributed by atoms with Gasteiger partial charge in [0.1, 0.15) is 0 Å². The fraction of sp³-hybridized carbons (Fsp3) is 0.806. The molecule has 37 heavy (non-hydrogen) atoms. The molecule has 4 unspecified atom stereocenters. The lowest BCUT2D eigenvalue weighted by Crippen LogP contribution is -2.64. The van der Waals surface area contributed by atoms with Crippen molar-refractivity contribution in [3.8, 4) is 0 Å². The molecule has 3 fully saturated rings. The number of hydrogen-bond acceptors (Lipinski definition) is 1. The molecule has 206 valence electrons. The molecule has 0 radical (unpaired) electrons. The zero-order valence-electron chi connectivity index (χ0n) is 26.1. The molecule has 0 aromatic rings. The Labute approximate surface area is 229 Å². The molecule has 0 heterocycles. The van der Waals surface area contributed by atoms with Crippen molar-refractivity contribution in [2.24, 2.45) is 62.6 Å². The third-order valence-electron chi connectivity index (χ3n) is 14.4. The van der Waals surface area contributed by atoms with Crippen LogP contribution in [0.1, 0.15) is 121 Å². The molecule has 5 aliphatic rings. The topological polar surface area (TPSA) is 17.1 Å². The Morgan fingerprint density at radius 2 is 1.68 bits per heavy atom. The summed E-state index contributed by atoms with van der Waals surface area (Å²) in [6.07, 6.45) is 15.6. The summed E-state index contributed by atoms with van der Waals surface area (Å²) in [5, 5.41) is 0. The van der Waals surface area contributed by atoms with Gasteiger partial charge in [0.05, 0.1) is 5.41 Å². The fourth-order valence-corrected chi connectivity index (χ4v) is 11.0. The Kier molecular flexibility index (Phi) is 6.27. The van der Waals surface area contributed by atoms with E-state index >= 15 is 0 Å². The Morgan fingerprint density at radius 3 is 2.24 bits per heavy atom. The molecule has 1 heteroatoms. The summed E-state index contributed by atoms with van der Waals surface area (Å²) >= 11 is 0. The molecule has 2 bridgehead atoms. The predicted molar refractivity (Wildman–Crippen MR) is 157 cm³/mol. The molecule has 0 N–H and O–H groups in total. The molecule has 5 aliphatic carbocycles. The third-order valence-corrected chi connectivity index (χ3v) is 14.4. The standard InChI is InChI=1S/C36H56O/c1-22(2)25(7)35-15-12-16-36(21-35)31(37)19-29-28(33(36,10)17-18-35)13-14-30(34(29,11)24(5)6)32(9)20-27(23(3)4)26(32)8/h12,16,19,22,24-26,28,30H,13-15,17-18,20-21H2,1-11H3/t25-,26+,28?,30?,32-,33?,34?,35+,36-/m1/s1. The van der Waals surface area contributed by atoms with Crippen LogP contribution in [0.2, 0.25) is 0 Å². The van der Waals surface area contributed by atoms with E-state index in [0.29, 0.717) is 46.7 Å². The van der Waals surface area contributed by atoms with Crippen molar-refractivity contribution in [2.45, 2.75) is 121 Å². The van der Waals surface area contributed by atoms with E-state index in [-0.39, 0.29) is 21.7 Å². The Bertz CT molecular complexity index is 1070. The van der Waals surface area contributed by atoms with Crippen LogP contribution in [0.25, 0.3) is 0 Å². The minimum atomic E-state index is -0.297. The summed E-state index contributed by atoms with van der Waals surface area (Å²) in [4.78, 5) is 14.6. The number of carbonyl (C=O) groups is 1. The summed E-state index contributed by atoms with van der Waals surface area (Å²) in [5.74, 6) is 4.10. The van der Waals surface area contributed by atoms with Gasteiger partial charge in [0.2, 0.25) is 0 Å². The predicted octanol–water partition coefficient (Wildman–Crippen LogP) is 9.98. The summed E-state index contributed by atoms with van der Waals surface area (Å²) < 4.78 is 0. The summed E-state index contributed by atoms with van der Waals surface area (Å²) in [6.45, 7) is 26.9. The first-order chi connectivity index (χ1) is 17.1. The van der Waals surface area contributed by atoms with E-state index in [1.54, 1.807) is 11.1 Å². The first-order valence-corrected chi connectivity index (χ1v) is 15.7. The average molecular weight is 505 g/mol. The van der Waals surface area contributed by atoms with Gasteiger partial charge in [0.15, 0.2) is 5.78 Å². The van der Waals surface area contributed by atoms with Crippen LogP contribution in [-0.2, 0) is 4.79 Å². The molecule has 9 atom stereocenters. The van der Waals surface area contributed by atoms with Crippen molar-refractivity contribution in [1.82, 2.24) is 0 Å². The van der Waals surface area contributed by atoms with Gasteiger partial charge in [-0.05, 0) is 122 Å². The molecule has 1 nitrogen and oxygen atoms in total. The van der Waals surface area contributed by atoms with Crippen molar-refractivity contribution in [3.63, 3.8) is 0 Å². The van der Waals surface area contributed by atoms with Gasteiger partial charge in [-0.25, -0.2) is 0 Å². The lowest BCUT2D eigenvalue weighted by molar-refractivity contribution is -0.158. The van der Waals surface area contributed by atoms with Crippen LogP contribution in [0.15, 0.2) is 34.9 Å². The minimum absolute atomic E-state index is 0.0452. The van der Waals surface area contributed by atoms with Crippen molar-refractivity contribution < 1.29 is 4.79 Å². The molecule has 0 saturated heterocycles. The molecular weight excluding hydrogens is 448 g/mol. The molecule has 0 amide bonds. The highest BCUT2D eigenvalue weighted by Crippen LogP contribution is 2.74. The Morgan fingerprint density at radius 1 is 1.00 bits per heavy atom. The van der Waals surface area contributed by atoms with E-state index in [0.717, 1.165) is 12.8 Å². The second-order valence-electron chi connectivity index (χ2n) is 16.1. The molecular formula is C36H56O. The van der Waals surface area contributed by atoms with E-state index in [9.17, 15) is 4.79 Å². The number of rotatable bonds is 4. The monoisotopic (exact) mass is 504 g/mol. The summed E-state index contributed by atoms with van der Waals surface area (Å²) in [5.41, 5.74) is 5.20. The molecule has 0 aromatic carbocycles. The van der Waals surface area contributed by atoms with E-state index in [4.69, 9.17) is 0 Å². The Hall–Kier alpha value is -1.11. The molecule has 3 saturated carbocycles. The van der Waals surface area contributed by atoms with Crippen LogP contribution >= 0.6 is 0 Å². The Balaban J connectivity index is 1.60. The first-order valence-electron chi connectivity index (χ1n) is 15.7. The lowest BCUT2D eigenvalue weighted by atomic mass is 9.34. The van der Waals surface area contributed by atoms with Crippen molar-refractivity contribution >= 4 is 5.78 Å². The van der Waals surface area contributed by atoms with Crippen molar-refractivity contribution in [2.75, 3.05) is 0 Å². The zero-order valence-corrected chi connectivity index (χ0v) is 26.1. The summed E-state index contributed by atoms with van der Waals surface area (Å²) in [7, 11) is 0. The fourth-order valence-electron chi connectivity index (χ4n) is 11.0. The number of hydrogen-bond donors (Lipinski definition) is 0. The van der Waals surface area contributed by atoms with Crippen LogP contribution in [-0.4, -0.2) is 5.78 Å². The number of allylic oxidation sites excluding steroid dienone is 6. The van der Waals surface area contributed by atoms with Gasteiger partial charge in [-0.2, -0.15) is 0 Å². The zero-order chi connectivity index (χ0) is 27.3. The van der Waals surface area contributed by atoms with Gasteiger partial charge in [0.25, 0.3) is 0 Å². The van der Waals surface area contributed by atoms with Gasteiger partial charge in [-0.1, -0.05) is 91.2 Å². The van der Waals surface area contributed by atoms with E-state index in [1.807, 2.05) is 0 Å². The highest BCUT2D eigenvalue weighted by atomic mass is 16.1. The van der Waals surface area contributed by atoms with Gasteiger partial charge in [-0.15, -0.1) is 0 Å². The quantitative estimate of drug-likeness (QED) is 0.348. The van der Waals surface area contributed by atoms with Gasteiger partial charge in [-0.3, -0.25) is 4.79 Å². The van der Waals surface area contributed by atoms with Crippen LogP contribution in [0.4, 0.5) is 0 Å². The van der Waals surface area contributed by atoms with Crippen molar-refractivity contribution in [3.05, 3.63) is 34.9 Å².